The van der Waals surface area contributed by atoms with Crippen molar-refractivity contribution in [1.29, 1.82) is 0 Å². The lowest BCUT2D eigenvalue weighted by Crippen LogP contribution is -2.06. The Hall–Kier alpha value is -0.950. The molecule has 0 rings (SSSR count). The van der Waals surface area contributed by atoms with Gasteiger partial charge in [-0.2, -0.15) is 0 Å². The maximum Gasteiger partial charge on any atom is 0.472 e. The van der Waals surface area contributed by atoms with E-state index in [1.165, 1.54) is 58.5 Å². The number of esters is 2. The lowest BCUT2D eigenvalue weighted by molar-refractivity contribution is -0.144. The van der Waals surface area contributed by atoms with Gasteiger partial charge in [0.1, 0.15) is 0 Å². The molecule has 0 radical (unpaired) electrons. The number of hydrogen-bond donors (Lipinski definition) is 1. The first-order valence-corrected chi connectivity index (χ1v) is 14.7. The van der Waals surface area contributed by atoms with Crippen LogP contribution in [0.1, 0.15) is 122 Å². The fourth-order valence-electron chi connectivity index (χ4n) is 3.44. The van der Waals surface area contributed by atoms with Gasteiger partial charge in [-0.3, -0.25) is 18.6 Å². The van der Waals surface area contributed by atoms with Crippen molar-refractivity contribution < 1.29 is 37.6 Å². The lowest BCUT2D eigenvalue weighted by atomic mass is 10.1. The molecule has 0 heterocycles. The minimum absolute atomic E-state index is 0.0971. The molecule has 0 saturated heterocycles. The summed E-state index contributed by atoms with van der Waals surface area (Å²) in [4.78, 5) is 32.4. The normalized spacial score (nSPS) is 12.9. The van der Waals surface area contributed by atoms with Crippen LogP contribution in [0, 0.1) is 0 Å². The van der Waals surface area contributed by atoms with E-state index in [-0.39, 0.29) is 25.2 Å². The number of rotatable bonds is 25. The second kappa shape index (κ2) is 23.8. The van der Waals surface area contributed by atoms with Crippen molar-refractivity contribution in [3.8, 4) is 0 Å². The molecule has 1 unspecified atom stereocenters. The monoisotopic (exact) mass is 508 g/mol. The Morgan fingerprint density at radius 3 is 1.53 bits per heavy atom. The standard InChI is InChI=1S/C25H49O8P/c1-3-4-5-6-7-8-9-10-11-16-21-31-25(27)20-15-13-18-23-33-34(28,29)32-22-17-12-14-19-24(26)30-2/h3-23H2,1-2H3,(H,28,29). The molecule has 0 fully saturated rings. The Morgan fingerprint density at radius 1 is 0.618 bits per heavy atom. The van der Waals surface area contributed by atoms with Crippen molar-refractivity contribution in [2.24, 2.45) is 0 Å². The summed E-state index contributed by atoms with van der Waals surface area (Å²) in [5.41, 5.74) is 0. The molecule has 0 aromatic carbocycles. The van der Waals surface area contributed by atoms with Gasteiger partial charge >= 0.3 is 19.8 Å². The van der Waals surface area contributed by atoms with E-state index >= 15 is 0 Å². The number of phosphoric acid groups is 1. The van der Waals surface area contributed by atoms with Crippen LogP contribution in [0.25, 0.3) is 0 Å². The summed E-state index contributed by atoms with van der Waals surface area (Å²) in [6.07, 6.45) is 17.0. The highest BCUT2D eigenvalue weighted by atomic mass is 31.2. The molecule has 0 aliphatic heterocycles. The Labute approximate surface area is 207 Å². The molecule has 0 aromatic rings. The summed E-state index contributed by atoms with van der Waals surface area (Å²) >= 11 is 0. The van der Waals surface area contributed by atoms with Gasteiger partial charge in [0.2, 0.25) is 0 Å². The van der Waals surface area contributed by atoms with Crippen molar-refractivity contribution in [3.63, 3.8) is 0 Å². The number of carbonyl (C=O) groups is 2. The van der Waals surface area contributed by atoms with E-state index in [0.717, 1.165) is 12.8 Å². The van der Waals surface area contributed by atoms with E-state index in [4.69, 9.17) is 13.8 Å². The van der Waals surface area contributed by atoms with Gasteiger partial charge in [0, 0.05) is 12.8 Å². The summed E-state index contributed by atoms with van der Waals surface area (Å²) in [5, 5.41) is 0. The van der Waals surface area contributed by atoms with E-state index in [1.54, 1.807) is 0 Å². The minimum Gasteiger partial charge on any atom is -0.469 e. The predicted molar refractivity (Wildman–Crippen MR) is 133 cm³/mol. The first-order valence-electron chi connectivity index (χ1n) is 13.3. The van der Waals surface area contributed by atoms with Gasteiger partial charge in [-0.05, 0) is 32.1 Å². The molecule has 0 aromatic heterocycles. The van der Waals surface area contributed by atoms with Crippen LogP contribution in [0.5, 0.6) is 0 Å². The molecule has 9 heteroatoms. The predicted octanol–water partition coefficient (Wildman–Crippen LogP) is 6.88. The average molecular weight is 509 g/mol. The second-order valence-corrected chi connectivity index (χ2v) is 10.2. The molecule has 0 saturated carbocycles. The third-order valence-electron chi connectivity index (χ3n) is 5.55. The maximum atomic E-state index is 11.8. The van der Waals surface area contributed by atoms with Gasteiger partial charge in [0.15, 0.2) is 0 Å². The molecule has 0 aliphatic carbocycles. The highest BCUT2D eigenvalue weighted by Crippen LogP contribution is 2.43. The first-order chi connectivity index (χ1) is 16.4. The molecule has 1 N–H and O–H groups in total. The van der Waals surface area contributed by atoms with Gasteiger partial charge in [-0.1, -0.05) is 77.6 Å². The molecular formula is C25H49O8P. The number of carbonyl (C=O) groups excluding carboxylic acids is 2. The van der Waals surface area contributed by atoms with E-state index in [1.807, 2.05) is 0 Å². The average Bonchev–Trinajstić information content (AvgIpc) is 2.81. The third-order valence-corrected chi connectivity index (χ3v) is 6.57. The number of phosphoric ester groups is 1. The van der Waals surface area contributed by atoms with Crippen molar-refractivity contribution in [2.75, 3.05) is 26.9 Å². The maximum absolute atomic E-state index is 11.8. The Morgan fingerprint density at radius 2 is 1.03 bits per heavy atom. The largest absolute Gasteiger partial charge is 0.472 e. The highest BCUT2D eigenvalue weighted by Gasteiger charge is 2.20. The van der Waals surface area contributed by atoms with E-state index in [0.29, 0.717) is 58.0 Å². The van der Waals surface area contributed by atoms with Crippen LogP contribution >= 0.6 is 7.82 Å². The van der Waals surface area contributed by atoms with Crippen molar-refractivity contribution in [3.05, 3.63) is 0 Å². The lowest BCUT2D eigenvalue weighted by Gasteiger charge is -2.12. The zero-order valence-corrected chi connectivity index (χ0v) is 22.5. The molecule has 34 heavy (non-hydrogen) atoms. The van der Waals surface area contributed by atoms with Gasteiger partial charge < -0.3 is 14.4 Å². The second-order valence-electron chi connectivity index (χ2n) is 8.73. The summed E-state index contributed by atoms with van der Waals surface area (Å²) in [6.45, 7) is 2.93. The summed E-state index contributed by atoms with van der Waals surface area (Å²) in [6, 6.07) is 0. The Kier molecular flexibility index (Phi) is 23.1. The highest BCUT2D eigenvalue weighted by molar-refractivity contribution is 7.47. The first kappa shape index (κ1) is 33.0. The molecule has 1 atom stereocenters. The SMILES string of the molecule is CCCCCCCCCCCCOC(=O)CCCCCOP(=O)(O)OCCCCCC(=O)OC. The number of methoxy groups -OCH3 is 1. The van der Waals surface area contributed by atoms with Crippen LogP contribution in [0.15, 0.2) is 0 Å². The fourth-order valence-corrected chi connectivity index (χ4v) is 4.24. The summed E-state index contributed by atoms with van der Waals surface area (Å²) in [7, 11) is -2.71. The van der Waals surface area contributed by atoms with Gasteiger partial charge in [-0.25, -0.2) is 4.57 Å². The van der Waals surface area contributed by atoms with Crippen LogP contribution in [0.3, 0.4) is 0 Å². The van der Waals surface area contributed by atoms with Crippen LogP contribution in [0.4, 0.5) is 0 Å². The van der Waals surface area contributed by atoms with Crippen LogP contribution in [-0.2, 0) is 32.7 Å². The van der Waals surface area contributed by atoms with Gasteiger partial charge in [0.25, 0.3) is 0 Å². The van der Waals surface area contributed by atoms with Crippen molar-refractivity contribution in [1.82, 2.24) is 0 Å². The molecule has 0 aliphatic rings. The molecular weight excluding hydrogens is 459 g/mol. The zero-order chi connectivity index (χ0) is 25.3. The molecule has 0 bridgehead atoms. The zero-order valence-electron chi connectivity index (χ0n) is 21.6. The third kappa shape index (κ3) is 24.2. The van der Waals surface area contributed by atoms with Gasteiger partial charge in [0.05, 0.1) is 26.9 Å². The van der Waals surface area contributed by atoms with E-state index < -0.39 is 7.82 Å². The summed E-state index contributed by atoms with van der Waals surface area (Å²) < 4.78 is 31.5. The number of ether oxygens (including phenoxy) is 2. The fraction of sp³-hybridized carbons (Fsp3) is 0.920. The van der Waals surface area contributed by atoms with E-state index in [2.05, 4.69) is 11.7 Å². The molecule has 0 amide bonds. The van der Waals surface area contributed by atoms with Crippen LogP contribution in [0.2, 0.25) is 0 Å². The Balaban J connectivity index is 3.44. The topological polar surface area (TPSA) is 108 Å². The van der Waals surface area contributed by atoms with Crippen molar-refractivity contribution >= 4 is 19.8 Å². The smallest absolute Gasteiger partial charge is 0.469 e. The van der Waals surface area contributed by atoms with Gasteiger partial charge in [-0.15, -0.1) is 0 Å². The summed E-state index contributed by atoms with van der Waals surface area (Å²) in [5.74, 6) is -0.445. The van der Waals surface area contributed by atoms with Crippen LogP contribution < -0.4 is 0 Å². The quantitative estimate of drug-likeness (QED) is 0.0808. The number of hydrogen-bond acceptors (Lipinski definition) is 7. The van der Waals surface area contributed by atoms with Crippen LogP contribution in [-0.4, -0.2) is 43.8 Å². The molecule has 8 nitrogen and oxygen atoms in total. The molecule has 202 valence electrons. The van der Waals surface area contributed by atoms with Crippen molar-refractivity contribution in [2.45, 2.75) is 122 Å². The minimum atomic E-state index is -4.05. The number of unbranched alkanes of at least 4 members (excludes halogenated alkanes) is 13. The Bertz CT molecular complexity index is 541. The van der Waals surface area contributed by atoms with E-state index in [9.17, 15) is 19.0 Å². The molecule has 0 spiro atoms.